The van der Waals surface area contributed by atoms with Gasteiger partial charge in [0.15, 0.2) is 5.75 Å². The largest absolute Gasteiger partial charge is 0.491 e. The molecule has 9 heteroatoms. The average molecular weight is 293 g/mol. The quantitative estimate of drug-likeness (QED) is 0.809. The molecule has 1 unspecified atom stereocenters. The summed E-state index contributed by atoms with van der Waals surface area (Å²) < 4.78 is 11.7. The predicted octanol–water partition coefficient (Wildman–Crippen LogP) is -0.513. The van der Waals surface area contributed by atoms with Gasteiger partial charge in [0.25, 0.3) is 5.95 Å². The third kappa shape index (κ3) is 2.15. The van der Waals surface area contributed by atoms with Crippen LogP contribution in [0.1, 0.15) is 6.42 Å². The number of carbonyl (C=O) groups excluding carboxylic acids is 1. The summed E-state index contributed by atoms with van der Waals surface area (Å²) in [6.45, 7) is 0.355. The lowest BCUT2D eigenvalue weighted by Crippen LogP contribution is -2.26. The molecule has 0 bridgehead atoms. The number of amides is 1. The Balaban J connectivity index is 2.06. The zero-order valence-electron chi connectivity index (χ0n) is 11.7. The molecule has 112 valence electrons. The predicted molar refractivity (Wildman–Crippen MR) is 71.4 cm³/mol. The summed E-state index contributed by atoms with van der Waals surface area (Å²) in [6, 6.07) is 0.245. The van der Waals surface area contributed by atoms with Crippen LogP contribution in [0.5, 0.6) is 11.8 Å². The van der Waals surface area contributed by atoms with Gasteiger partial charge in [0, 0.05) is 25.5 Å². The molecule has 1 saturated heterocycles. The van der Waals surface area contributed by atoms with E-state index in [0.717, 1.165) is 0 Å². The van der Waals surface area contributed by atoms with Crippen LogP contribution >= 0.6 is 0 Å². The number of carbonyl (C=O) groups is 1. The first kappa shape index (κ1) is 13.6. The van der Waals surface area contributed by atoms with Gasteiger partial charge < -0.3 is 14.6 Å². The van der Waals surface area contributed by atoms with Gasteiger partial charge in [-0.15, -0.1) is 5.10 Å². The average Bonchev–Trinajstić information content (AvgIpc) is 3.09. The first-order valence-corrected chi connectivity index (χ1v) is 6.43. The van der Waals surface area contributed by atoms with E-state index in [-0.39, 0.29) is 30.4 Å². The maximum atomic E-state index is 12.0. The van der Waals surface area contributed by atoms with Crippen molar-refractivity contribution in [2.45, 2.75) is 6.42 Å². The number of nitrogens with zero attached hydrogens (tertiary/aromatic N) is 5. The lowest BCUT2D eigenvalue weighted by molar-refractivity contribution is -0.117. The fourth-order valence-corrected chi connectivity index (χ4v) is 2.32. The van der Waals surface area contributed by atoms with Gasteiger partial charge in [-0.05, 0) is 0 Å². The van der Waals surface area contributed by atoms with Crippen LogP contribution in [0.15, 0.2) is 6.20 Å². The standard InChI is InChI=1S/C12H15N5O4/c1-20-8-4-13-12(21-2)17-10(8)14-11(15-17)16-5-7(6-18)3-9(16)19/h4,7,18H,3,5-6H2,1-2H3. The second-order valence-electron chi connectivity index (χ2n) is 4.72. The van der Waals surface area contributed by atoms with Gasteiger partial charge in [-0.2, -0.15) is 14.5 Å². The van der Waals surface area contributed by atoms with Crippen molar-refractivity contribution >= 4 is 17.5 Å². The molecule has 1 aliphatic rings. The van der Waals surface area contributed by atoms with Crippen molar-refractivity contribution < 1.29 is 19.4 Å². The Morgan fingerprint density at radius 3 is 2.86 bits per heavy atom. The number of ether oxygens (including phenoxy) is 2. The van der Waals surface area contributed by atoms with Gasteiger partial charge in [-0.1, -0.05) is 0 Å². The molecule has 1 fully saturated rings. The molecule has 1 amide bonds. The number of aliphatic hydroxyl groups excluding tert-OH is 1. The number of hydrogen-bond donors (Lipinski definition) is 1. The Kier molecular flexibility index (Phi) is 3.34. The van der Waals surface area contributed by atoms with E-state index < -0.39 is 0 Å². The summed E-state index contributed by atoms with van der Waals surface area (Å²) in [5, 5.41) is 13.4. The number of aliphatic hydroxyl groups is 1. The monoisotopic (exact) mass is 293 g/mol. The van der Waals surface area contributed by atoms with E-state index in [4.69, 9.17) is 9.47 Å². The lowest BCUT2D eigenvalue weighted by Gasteiger charge is -2.10. The zero-order chi connectivity index (χ0) is 15.0. The topological polar surface area (TPSA) is 102 Å². The minimum absolute atomic E-state index is 0.0379. The van der Waals surface area contributed by atoms with Crippen LogP contribution in [-0.4, -0.2) is 58.0 Å². The molecule has 2 aromatic rings. The first-order chi connectivity index (χ1) is 10.2. The summed E-state index contributed by atoms with van der Waals surface area (Å²) in [5.41, 5.74) is 0.416. The Morgan fingerprint density at radius 2 is 2.24 bits per heavy atom. The van der Waals surface area contributed by atoms with Crippen LogP contribution in [0.3, 0.4) is 0 Å². The molecule has 1 N–H and O–H groups in total. The minimum Gasteiger partial charge on any atom is -0.491 e. The molecule has 9 nitrogen and oxygen atoms in total. The van der Waals surface area contributed by atoms with E-state index in [1.807, 2.05) is 0 Å². The van der Waals surface area contributed by atoms with Gasteiger partial charge in [-0.3, -0.25) is 9.69 Å². The van der Waals surface area contributed by atoms with Crippen LogP contribution in [0, 0.1) is 5.92 Å². The highest BCUT2D eigenvalue weighted by Gasteiger charge is 2.33. The normalized spacial score (nSPS) is 18.5. The summed E-state index contributed by atoms with van der Waals surface area (Å²) in [4.78, 5) is 21.8. The third-order valence-electron chi connectivity index (χ3n) is 3.40. The van der Waals surface area contributed by atoms with E-state index in [1.54, 1.807) is 0 Å². The van der Waals surface area contributed by atoms with Crippen molar-refractivity contribution in [2.75, 3.05) is 32.3 Å². The van der Waals surface area contributed by atoms with Crippen LogP contribution in [0.25, 0.3) is 5.65 Å². The highest BCUT2D eigenvalue weighted by atomic mass is 16.5. The van der Waals surface area contributed by atoms with Crippen molar-refractivity contribution in [3.05, 3.63) is 6.20 Å². The second-order valence-corrected chi connectivity index (χ2v) is 4.72. The van der Waals surface area contributed by atoms with Crippen molar-refractivity contribution in [2.24, 2.45) is 5.92 Å². The summed E-state index contributed by atoms with van der Waals surface area (Å²) in [7, 11) is 2.97. The van der Waals surface area contributed by atoms with E-state index >= 15 is 0 Å². The number of hydrogen-bond acceptors (Lipinski definition) is 7. The lowest BCUT2D eigenvalue weighted by atomic mass is 10.1. The van der Waals surface area contributed by atoms with Crippen LogP contribution in [-0.2, 0) is 4.79 Å². The maximum absolute atomic E-state index is 12.0. The number of rotatable bonds is 4. The van der Waals surface area contributed by atoms with Gasteiger partial charge >= 0.3 is 6.01 Å². The molecule has 3 heterocycles. The molecule has 0 saturated carbocycles. The van der Waals surface area contributed by atoms with E-state index in [1.165, 1.54) is 29.8 Å². The number of aromatic nitrogens is 4. The van der Waals surface area contributed by atoms with Gasteiger partial charge in [0.1, 0.15) is 0 Å². The number of anilines is 1. The van der Waals surface area contributed by atoms with E-state index in [2.05, 4.69) is 15.1 Å². The molecule has 1 aliphatic heterocycles. The highest BCUT2D eigenvalue weighted by Crippen LogP contribution is 2.26. The smallest absolute Gasteiger partial charge is 0.319 e. The highest BCUT2D eigenvalue weighted by molar-refractivity contribution is 5.94. The van der Waals surface area contributed by atoms with Crippen molar-refractivity contribution in [1.82, 2.24) is 19.6 Å². The summed E-state index contributed by atoms with van der Waals surface area (Å²) in [6.07, 6.45) is 1.77. The SMILES string of the molecule is COc1cnc(OC)n2nc(N3CC(CO)CC3=O)nc12. The fourth-order valence-electron chi connectivity index (χ4n) is 2.32. The van der Waals surface area contributed by atoms with Crippen LogP contribution < -0.4 is 14.4 Å². The third-order valence-corrected chi connectivity index (χ3v) is 3.40. The molecular formula is C12H15N5O4. The van der Waals surface area contributed by atoms with Gasteiger partial charge in [0.05, 0.1) is 20.4 Å². The van der Waals surface area contributed by atoms with E-state index in [9.17, 15) is 9.90 Å². The number of fused-ring (bicyclic) bond motifs is 1. The molecule has 21 heavy (non-hydrogen) atoms. The van der Waals surface area contributed by atoms with Crippen LogP contribution in [0.2, 0.25) is 0 Å². The van der Waals surface area contributed by atoms with Crippen molar-refractivity contribution in [3.8, 4) is 11.8 Å². The molecule has 0 radical (unpaired) electrons. The molecule has 0 aromatic carbocycles. The Bertz CT molecular complexity index is 645. The Morgan fingerprint density at radius 1 is 1.43 bits per heavy atom. The maximum Gasteiger partial charge on any atom is 0.319 e. The Labute approximate surface area is 120 Å². The zero-order valence-corrected chi connectivity index (χ0v) is 11.7. The second kappa shape index (κ2) is 5.17. The number of methoxy groups -OCH3 is 2. The van der Waals surface area contributed by atoms with Crippen molar-refractivity contribution in [1.29, 1.82) is 0 Å². The molecule has 0 aliphatic carbocycles. The van der Waals surface area contributed by atoms with E-state index in [0.29, 0.717) is 24.4 Å². The van der Waals surface area contributed by atoms with Crippen LogP contribution in [0.4, 0.5) is 5.95 Å². The fraction of sp³-hybridized carbons (Fsp3) is 0.500. The first-order valence-electron chi connectivity index (χ1n) is 6.43. The van der Waals surface area contributed by atoms with Crippen molar-refractivity contribution in [3.63, 3.8) is 0 Å². The Hall–Kier alpha value is -2.42. The molecule has 3 rings (SSSR count). The molecule has 2 aromatic heterocycles. The minimum atomic E-state index is -0.115. The summed E-state index contributed by atoms with van der Waals surface area (Å²) in [5.74, 6) is 0.474. The molecule has 1 atom stereocenters. The van der Waals surface area contributed by atoms with Gasteiger partial charge in [-0.25, -0.2) is 0 Å². The molecular weight excluding hydrogens is 278 g/mol. The summed E-state index contributed by atoms with van der Waals surface area (Å²) >= 11 is 0. The van der Waals surface area contributed by atoms with Gasteiger partial charge in [0.2, 0.25) is 11.6 Å². The molecule has 0 spiro atoms.